The molecule has 0 saturated carbocycles. The van der Waals surface area contributed by atoms with Gasteiger partial charge in [-0.05, 0) is 6.26 Å². The average molecular weight is 212 g/mol. The number of ether oxygens (including phenoxy) is 1. The number of hydrogen-bond acceptors (Lipinski definition) is 5. The van der Waals surface area contributed by atoms with Gasteiger partial charge in [-0.25, -0.2) is 9.97 Å². The first-order valence-electron chi connectivity index (χ1n) is 3.68. The van der Waals surface area contributed by atoms with E-state index in [0.717, 1.165) is 20.4 Å². The zero-order valence-corrected chi connectivity index (χ0v) is 8.91. The Morgan fingerprint density at radius 1 is 1.54 bits per heavy atom. The Hall–Kier alpha value is -0.810. The van der Waals surface area contributed by atoms with Crippen molar-refractivity contribution >= 4 is 33.4 Å². The van der Waals surface area contributed by atoms with E-state index in [1.54, 1.807) is 36.4 Å². The summed E-state index contributed by atoms with van der Waals surface area (Å²) < 4.78 is 7.25. The van der Waals surface area contributed by atoms with Crippen LogP contribution >= 0.6 is 23.1 Å². The van der Waals surface area contributed by atoms with Gasteiger partial charge in [-0.1, -0.05) is 11.8 Å². The topological polar surface area (TPSA) is 35.0 Å². The molecule has 0 radical (unpaired) electrons. The maximum atomic E-state index is 5.21. The van der Waals surface area contributed by atoms with Gasteiger partial charge in [0.25, 0.3) is 0 Å². The fourth-order valence-electron chi connectivity index (χ4n) is 1.04. The van der Waals surface area contributed by atoms with Crippen LogP contribution in [0.5, 0.6) is 5.75 Å². The first-order valence-corrected chi connectivity index (χ1v) is 5.73. The van der Waals surface area contributed by atoms with Gasteiger partial charge in [0.05, 0.1) is 7.11 Å². The molecule has 5 heteroatoms. The summed E-state index contributed by atoms with van der Waals surface area (Å²) in [6.07, 6.45) is 3.72. The van der Waals surface area contributed by atoms with Crippen molar-refractivity contribution in [3.63, 3.8) is 0 Å². The molecule has 0 spiro atoms. The van der Waals surface area contributed by atoms with Crippen LogP contribution in [0.25, 0.3) is 10.3 Å². The van der Waals surface area contributed by atoms with E-state index < -0.39 is 0 Å². The molecule has 13 heavy (non-hydrogen) atoms. The number of thioether (sulfide) groups is 1. The van der Waals surface area contributed by atoms with Crippen LogP contribution < -0.4 is 4.74 Å². The van der Waals surface area contributed by atoms with Gasteiger partial charge in [0, 0.05) is 12.3 Å². The smallest absolute Gasteiger partial charge is 0.175 e. The molecule has 0 N–H and O–H groups in total. The summed E-state index contributed by atoms with van der Waals surface area (Å²) >= 11 is 3.24. The maximum absolute atomic E-state index is 5.21. The van der Waals surface area contributed by atoms with Gasteiger partial charge < -0.3 is 4.74 Å². The minimum atomic E-state index is 0.772. The SMILES string of the molecule is COc1ccnc2nc(SC)sc12. The lowest BCUT2D eigenvalue weighted by molar-refractivity contribution is 0.420. The number of hydrogen-bond donors (Lipinski definition) is 0. The molecule has 0 aromatic carbocycles. The summed E-state index contributed by atoms with van der Waals surface area (Å²) in [7, 11) is 1.66. The van der Waals surface area contributed by atoms with Crippen LogP contribution in [0.15, 0.2) is 16.6 Å². The molecule has 0 amide bonds. The lowest BCUT2D eigenvalue weighted by Gasteiger charge is -1.97. The summed E-state index contributed by atoms with van der Waals surface area (Å²) in [6, 6.07) is 1.85. The third-order valence-corrected chi connectivity index (χ3v) is 3.68. The van der Waals surface area contributed by atoms with Gasteiger partial charge >= 0.3 is 0 Å². The molecule has 2 heterocycles. The normalized spacial score (nSPS) is 10.6. The highest BCUT2D eigenvalue weighted by Crippen LogP contribution is 2.32. The minimum Gasteiger partial charge on any atom is -0.495 e. The zero-order chi connectivity index (χ0) is 9.26. The fourth-order valence-corrected chi connectivity index (χ4v) is 2.55. The number of methoxy groups -OCH3 is 1. The van der Waals surface area contributed by atoms with Gasteiger partial charge in [0.15, 0.2) is 9.99 Å². The van der Waals surface area contributed by atoms with Crippen molar-refractivity contribution in [3.8, 4) is 5.75 Å². The number of fused-ring (bicyclic) bond motifs is 1. The van der Waals surface area contributed by atoms with Crippen molar-refractivity contribution in [1.82, 2.24) is 9.97 Å². The Balaban J connectivity index is 2.67. The van der Waals surface area contributed by atoms with E-state index in [9.17, 15) is 0 Å². The first kappa shape index (κ1) is 8.77. The van der Waals surface area contributed by atoms with Crippen LogP contribution in [-0.4, -0.2) is 23.3 Å². The van der Waals surface area contributed by atoms with Crippen molar-refractivity contribution in [2.24, 2.45) is 0 Å². The number of aromatic nitrogens is 2. The summed E-state index contributed by atoms with van der Waals surface area (Å²) in [5.74, 6) is 0.850. The highest BCUT2D eigenvalue weighted by atomic mass is 32.2. The largest absolute Gasteiger partial charge is 0.495 e. The lowest BCUT2D eigenvalue weighted by atomic mass is 10.4. The van der Waals surface area contributed by atoms with E-state index in [2.05, 4.69) is 9.97 Å². The quantitative estimate of drug-likeness (QED) is 0.716. The zero-order valence-electron chi connectivity index (χ0n) is 7.27. The van der Waals surface area contributed by atoms with E-state index in [4.69, 9.17) is 4.74 Å². The van der Waals surface area contributed by atoms with Crippen LogP contribution in [0.1, 0.15) is 0 Å². The Bertz CT molecular complexity index is 427. The number of pyridine rings is 1. The second-order valence-electron chi connectivity index (χ2n) is 2.35. The standard InChI is InChI=1S/C8H8N2OS2/c1-11-5-3-4-9-7-6(5)13-8(10-7)12-2/h3-4H,1-2H3. The molecule has 0 atom stereocenters. The molecule has 0 fully saturated rings. The van der Waals surface area contributed by atoms with Gasteiger partial charge in [0.1, 0.15) is 10.4 Å². The van der Waals surface area contributed by atoms with E-state index in [1.165, 1.54) is 0 Å². The van der Waals surface area contributed by atoms with Gasteiger partial charge in [-0.15, -0.1) is 11.3 Å². The summed E-state index contributed by atoms with van der Waals surface area (Å²) in [5.41, 5.74) is 0.772. The Kier molecular flexibility index (Phi) is 2.37. The molecule has 0 aliphatic rings. The molecule has 0 saturated heterocycles. The van der Waals surface area contributed by atoms with Crippen molar-refractivity contribution in [1.29, 1.82) is 0 Å². The summed E-state index contributed by atoms with van der Waals surface area (Å²) in [6.45, 7) is 0. The highest BCUT2D eigenvalue weighted by Gasteiger charge is 2.07. The molecule has 68 valence electrons. The molecule has 2 aromatic heterocycles. The molecular formula is C8H8N2OS2. The lowest BCUT2D eigenvalue weighted by Crippen LogP contribution is -1.83. The summed E-state index contributed by atoms with van der Waals surface area (Å²) in [5, 5.41) is 0. The van der Waals surface area contributed by atoms with E-state index >= 15 is 0 Å². The highest BCUT2D eigenvalue weighted by molar-refractivity contribution is 8.00. The van der Waals surface area contributed by atoms with Crippen LogP contribution in [0.3, 0.4) is 0 Å². The number of nitrogens with zero attached hydrogens (tertiary/aromatic N) is 2. The van der Waals surface area contributed by atoms with Gasteiger partial charge in [-0.2, -0.15) is 0 Å². The fraction of sp³-hybridized carbons (Fsp3) is 0.250. The molecule has 3 nitrogen and oxygen atoms in total. The van der Waals surface area contributed by atoms with Crippen LogP contribution in [0.4, 0.5) is 0 Å². The predicted octanol–water partition coefficient (Wildman–Crippen LogP) is 2.42. The Morgan fingerprint density at radius 3 is 3.08 bits per heavy atom. The monoisotopic (exact) mass is 212 g/mol. The average Bonchev–Trinajstić information content (AvgIpc) is 2.59. The van der Waals surface area contributed by atoms with Crippen LogP contribution in [0.2, 0.25) is 0 Å². The van der Waals surface area contributed by atoms with Crippen molar-refractivity contribution < 1.29 is 4.74 Å². The molecular weight excluding hydrogens is 204 g/mol. The number of rotatable bonds is 2. The van der Waals surface area contributed by atoms with Crippen LogP contribution in [-0.2, 0) is 0 Å². The van der Waals surface area contributed by atoms with E-state index in [0.29, 0.717) is 0 Å². The van der Waals surface area contributed by atoms with Crippen molar-refractivity contribution in [3.05, 3.63) is 12.3 Å². The third-order valence-electron chi connectivity index (χ3n) is 1.63. The predicted molar refractivity (Wildman–Crippen MR) is 55.7 cm³/mol. The van der Waals surface area contributed by atoms with Crippen molar-refractivity contribution in [2.45, 2.75) is 4.34 Å². The number of thiazole rings is 1. The van der Waals surface area contributed by atoms with Gasteiger partial charge in [0.2, 0.25) is 0 Å². The van der Waals surface area contributed by atoms with Crippen LogP contribution in [0, 0.1) is 0 Å². The molecule has 0 aliphatic heterocycles. The Labute approximate surface area is 84.2 Å². The minimum absolute atomic E-state index is 0.772. The van der Waals surface area contributed by atoms with E-state index in [1.807, 2.05) is 12.3 Å². The third kappa shape index (κ3) is 1.49. The molecule has 0 aliphatic carbocycles. The van der Waals surface area contributed by atoms with Crippen molar-refractivity contribution in [2.75, 3.05) is 13.4 Å². The molecule has 2 rings (SSSR count). The molecule has 0 unspecified atom stereocenters. The second-order valence-corrected chi connectivity index (χ2v) is 4.40. The van der Waals surface area contributed by atoms with E-state index in [-0.39, 0.29) is 0 Å². The maximum Gasteiger partial charge on any atom is 0.175 e. The molecule has 0 bridgehead atoms. The van der Waals surface area contributed by atoms with Gasteiger partial charge in [-0.3, -0.25) is 0 Å². The second kappa shape index (κ2) is 3.51. The molecule has 2 aromatic rings. The first-order chi connectivity index (χ1) is 6.35. The Morgan fingerprint density at radius 2 is 2.38 bits per heavy atom. The summed E-state index contributed by atoms with van der Waals surface area (Å²) in [4.78, 5) is 8.49.